The molecule has 9 heteroatoms. The molecule has 0 unspecified atom stereocenters. The van der Waals surface area contributed by atoms with Gasteiger partial charge in [-0.25, -0.2) is 0 Å². The van der Waals surface area contributed by atoms with Gasteiger partial charge in [-0.2, -0.15) is 0 Å². The van der Waals surface area contributed by atoms with E-state index < -0.39 is 0 Å². The molecule has 4 aliphatic rings. The third-order valence-electron chi connectivity index (χ3n) is 18.0. The molecule has 4 aliphatic heterocycles. The second-order valence-electron chi connectivity index (χ2n) is 22.7. The normalized spacial score (nSPS) is 13.1. The van der Waals surface area contributed by atoms with Crippen molar-refractivity contribution in [2.45, 2.75) is 19.6 Å². The van der Waals surface area contributed by atoms with Gasteiger partial charge < -0.3 is 24.2 Å². The molecule has 87 heavy (non-hydrogen) atoms. The predicted octanol–water partition coefficient (Wildman–Crippen LogP) is 17.3. The smallest absolute Gasteiger partial charge is 0.249 e. The van der Waals surface area contributed by atoms with Crippen LogP contribution in [-0.4, -0.2) is 18.0 Å². The van der Waals surface area contributed by atoms with Gasteiger partial charge in [-0.05, 0) is 149 Å². The summed E-state index contributed by atoms with van der Waals surface area (Å²) in [5, 5.41) is 2.46. The molecule has 0 saturated heterocycles. The Hall–Kier alpha value is -10.3. The van der Waals surface area contributed by atoms with Crippen molar-refractivity contribution in [1.29, 1.82) is 0 Å². The minimum absolute atomic E-state index is 0.0660. The van der Waals surface area contributed by atoms with E-state index in [2.05, 4.69) is 334 Å². The number of para-hydroxylation sites is 10. The molecular formula is C78H51B2N5S2. The Labute approximate surface area is 515 Å². The monoisotopic (exact) mass is 1140 g/mol. The van der Waals surface area contributed by atoms with Gasteiger partial charge in [-0.3, -0.25) is 0 Å². The van der Waals surface area contributed by atoms with Gasteiger partial charge in [-0.1, -0.05) is 216 Å². The summed E-state index contributed by atoms with van der Waals surface area (Å²) in [6, 6.07) is 115. The van der Waals surface area contributed by atoms with Crippen molar-refractivity contribution < 1.29 is 0 Å². The van der Waals surface area contributed by atoms with E-state index in [1.54, 1.807) is 0 Å². The highest BCUT2D eigenvalue weighted by atomic mass is 32.2. The topological polar surface area (TPSA) is 17.9 Å². The van der Waals surface area contributed by atoms with Crippen LogP contribution in [0.1, 0.15) is 0 Å². The highest BCUT2D eigenvalue weighted by Gasteiger charge is 2.47. The Morgan fingerprint density at radius 2 is 0.678 bits per heavy atom. The van der Waals surface area contributed by atoms with Crippen LogP contribution in [0.5, 0.6) is 0 Å². The van der Waals surface area contributed by atoms with Gasteiger partial charge >= 0.3 is 0 Å². The minimum Gasteiger partial charge on any atom is -0.311 e. The van der Waals surface area contributed by atoms with Crippen molar-refractivity contribution in [2.75, 3.05) is 19.6 Å². The minimum atomic E-state index is -0.0708. The number of nitrogens with zero attached hydrogens (tertiary/aromatic N) is 5. The standard InChI is InChI=1S/C78H51B2N5S2/c1-6-26-52(27-7-1)81(53-28-8-2-9-29-53)57-46-71-77-76(49-57)87-74-51-70-63(50-64(74)79(77)61-38-18-22-42-67(61)83(71)56-34-14-5-15-35-56)80-62-39-19-25-45-73(62)86-75-48-58(82(54-30-10-3-11-31-54)55-32-12-4-13-33-55)47-72(78(75)80)85(70)69-44-24-23-43-68(69)84-65-40-20-16-36-59(65)60-37-17-21-41-66(60)84/h1-51H. The van der Waals surface area contributed by atoms with Crippen LogP contribution in [0, 0.1) is 0 Å². The molecule has 0 bridgehead atoms. The highest BCUT2D eigenvalue weighted by Crippen LogP contribution is 2.51. The van der Waals surface area contributed by atoms with Gasteiger partial charge in [0, 0.05) is 92.9 Å². The molecule has 0 saturated carbocycles. The zero-order valence-electron chi connectivity index (χ0n) is 47.2. The number of benzene rings is 13. The van der Waals surface area contributed by atoms with Crippen molar-refractivity contribution in [2.24, 2.45) is 0 Å². The van der Waals surface area contributed by atoms with Gasteiger partial charge in [0.2, 0.25) is 13.4 Å². The second-order valence-corrected chi connectivity index (χ2v) is 24.9. The SMILES string of the molecule is c1ccc(N(c2ccccc2)c2cc3c4c(c2)N(c2ccccc2)c2ccccc2B4c2cc4c(cc2S3)N(c2ccccc2-n2c3ccccc3c3ccccc32)c2cc(N(c3ccccc3)c3ccccc3)cc3c2B4c2ccccc2S3)cc1. The first-order valence-corrected chi connectivity index (χ1v) is 31.4. The van der Waals surface area contributed by atoms with Crippen LogP contribution in [0.3, 0.4) is 0 Å². The molecule has 18 rings (SSSR count). The molecule has 0 amide bonds. The molecule has 1 aromatic heterocycles. The second kappa shape index (κ2) is 20.2. The first-order chi connectivity index (χ1) is 43.2. The molecule has 406 valence electrons. The van der Waals surface area contributed by atoms with Gasteiger partial charge in [0.05, 0.1) is 22.4 Å². The number of aromatic nitrogens is 1. The lowest BCUT2D eigenvalue weighted by Gasteiger charge is -2.44. The largest absolute Gasteiger partial charge is 0.311 e. The molecule has 0 fully saturated rings. The van der Waals surface area contributed by atoms with Crippen molar-refractivity contribution in [1.82, 2.24) is 4.57 Å². The lowest BCUT2D eigenvalue weighted by Crippen LogP contribution is -2.64. The quantitative estimate of drug-likeness (QED) is 0.133. The summed E-state index contributed by atoms with van der Waals surface area (Å²) in [4.78, 5) is 15.0. The van der Waals surface area contributed by atoms with Crippen LogP contribution >= 0.6 is 23.5 Å². The first-order valence-electron chi connectivity index (χ1n) is 29.8. The predicted molar refractivity (Wildman–Crippen MR) is 370 cm³/mol. The maximum atomic E-state index is 2.65. The number of hydrogen-bond donors (Lipinski definition) is 0. The fourth-order valence-corrected chi connectivity index (χ4v) is 16.9. The average Bonchev–Trinajstić information content (AvgIpc) is 1.12. The molecule has 0 atom stereocenters. The Bertz CT molecular complexity index is 4910. The Morgan fingerprint density at radius 1 is 0.253 bits per heavy atom. The molecule has 0 radical (unpaired) electrons. The maximum Gasteiger partial charge on any atom is 0.249 e. The molecule has 0 aliphatic carbocycles. The van der Waals surface area contributed by atoms with Crippen LogP contribution in [0.2, 0.25) is 0 Å². The molecule has 5 nitrogen and oxygen atoms in total. The summed E-state index contributed by atoms with van der Waals surface area (Å²) in [7, 11) is 0. The summed E-state index contributed by atoms with van der Waals surface area (Å²) < 4.78 is 2.50. The third kappa shape index (κ3) is 7.86. The van der Waals surface area contributed by atoms with Gasteiger partial charge in [0.15, 0.2) is 0 Å². The van der Waals surface area contributed by atoms with E-state index in [1.807, 2.05) is 23.5 Å². The van der Waals surface area contributed by atoms with E-state index in [9.17, 15) is 0 Å². The van der Waals surface area contributed by atoms with E-state index in [0.717, 1.165) is 51.2 Å². The van der Waals surface area contributed by atoms with Crippen molar-refractivity contribution >= 4 is 160 Å². The first kappa shape index (κ1) is 50.1. The molecule has 14 aromatic rings. The Balaban J connectivity index is 0.936. The zero-order chi connectivity index (χ0) is 57.1. The number of anilines is 12. The van der Waals surface area contributed by atoms with E-state index in [0.29, 0.717) is 0 Å². The van der Waals surface area contributed by atoms with Gasteiger partial charge in [0.1, 0.15) is 0 Å². The molecule has 0 N–H and O–H groups in total. The summed E-state index contributed by atoms with van der Waals surface area (Å²) in [5.74, 6) is 0. The number of fused-ring (bicyclic) bond motifs is 11. The van der Waals surface area contributed by atoms with E-state index in [-0.39, 0.29) is 13.4 Å². The summed E-state index contributed by atoms with van der Waals surface area (Å²) >= 11 is 3.82. The van der Waals surface area contributed by atoms with Crippen molar-refractivity contribution in [3.05, 3.63) is 309 Å². The van der Waals surface area contributed by atoms with Gasteiger partial charge in [0.25, 0.3) is 0 Å². The Morgan fingerprint density at radius 3 is 1.24 bits per heavy atom. The van der Waals surface area contributed by atoms with E-state index in [4.69, 9.17) is 0 Å². The van der Waals surface area contributed by atoms with Crippen LogP contribution < -0.4 is 52.4 Å². The lowest BCUT2D eigenvalue weighted by molar-refractivity contribution is 1.14. The molecule has 5 heterocycles. The van der Waals surface area contributed by atoms with E-state index in [1.165, 1.54) is 96.9 Å². The van der Waals surface area contributed by atoms with Crippen LogP contribution in [-0.2, 0) is 0 Å². The van der Waals surface area contributed by atoms with E-state index >= 15 is 0 Å². The maximum absolute atomic E-state index is 2.65. The van der Waals surface area contributed by atoms with Gasteiger partial charge in [-0.15, -0.1) is 0 Å². The van der Waals surface area contributed by atoms with Crippen LogP contribution in [0.25, 0.3) is 27.5 Å². The van der Waals surface area contributed by atoms with Crippen LogP contribution in [0.4, 0.5) is 68.2 Å². The van der Waals surface area contributed by atoms with Crippen molar-refractivity contribution in [3.8, 4) is 5.69 Å². The molecular weight excluding hydrogens is 1090 g/mol. The summed E-state index contributed by atoms with van der Waals surface area (Å²) in [5.41, 5.74) is 24.9. The molecule has 0 spiro atoms. The fourth-order valence-electron chi connectivity index (χ4n) is 14.5. The fraction of sp³-hybridized carbons (Fsp3) is 0. The number of rotatable bonds is 9. The average molecular weight is 1140 g/mol. The third-order valence-corrected chi connectivity index (χ3v) is 20.3. The number of hydrogen-bond acceptors (Lipinski definition) is 6. The lowest BCUT2D eigenvalue weighted by atomic mass is 9.31. The summed E-state index contributed by atoms with van der Waals surface area (Å²) in [6.07, 6.45) is 0. The van der Waals surface area contributed by atoms with Crippen molar-refractivity contribution in [3.63, 3.8) is 0 Å². The Kier molecular flexibility index (Phi) is 11.6. The van der Waals surface area contributed by atoms with Crippen LogP contribution in [0.15, 0.2) is 329 Å². The summed E-state index contributed by atoms with van der Waals surface area (Å²) in [6.45, 7) is -0.137. The highest BCUT2D eigenvalue weighted by molar-refractivity contribution is 8.00. The zero-order valence-corrected chi connectivity index (χ0v) is 48.8. The molecule has 13 aromatic carbocycles.